The molecule has 0 aromatic carbocycles. The highest BCUT2D eigenvalue weighted by Gasteiger charge is 2.28. The molecular weight excluding hydrogens is 402 g/mol. The molecule has 0 radical (unpaired) electrons. The first-order chi connectivity index (χ1) is 14.7. The van der Waals surface area contributed by atoms with E-state index in [2.05, 4.69) is 30.6 Å². The fraction of sp³-hybridized carbons (Fsp3) is 0.250. The minimum Gasteiger partial charge on any atom is -0.393 e. The Kier molecular flexibility index (Phi) is 4.85. The number of nitrogens with zero attached hydrogens (tertiary/aromatic N) is 5. The van der Waals surface area contributed by atoms with Crippen molar-refractivity contribution in [2.24, 2.45) is 5.92 Å². The third-order valence-electron chi connectivity index (χ3n) is 5.06. The first-order valence-corrected chi connectivity index (χ1v) is 10.5. The van der Waals surface area contributed by atoms with Crippen LogP contribution in [0.4, 0.5) is 5.69 Å². The normalized spacial score (nSPS) is 18.2. The zero-order valence-electron chi connectivity index (χ0n) is 15.9. The van der Waals surface area contributed by atoms with Crippen LogP contribution < -0.4 is 5.32 Å². The number of hydrogen-bond donors (Lipinski definition) is 3. The first kappa shape index (κ1) is 18.6. The molecule has 9 nitrogen and oxygen atoms in total. The molecule has 0 bridgehead atoms. The van der Waals surface area contributed by atoms with Crippen LogP contribution in [0.5, 0.6) is 0 Å². The SMILES string of the molecule is O=C(Nc1cn(C[C@H]2C[C@H](O)C2)nc1-c1ccccn1)c1csc(-c2cn[nH]c2)n1. The van der Waals surface area contributed by atoms with Gasteiger partial charge >= 0.3 is 0 Å². The van der Waals surface area contributed by atoms with Crippen molar-refractivity contribution in [2.75, 3.05) is 5.32 Å². The van der Waals surface area contributed by atoms with E-state index in [4.69, 9.17) is 0 Å². The Morgan fingerprint density at radius 2 is 2.27 bits per heavy atom. The van der Waals surface area contributed by atoms with Crippen molar-refractivity contribution in [2.45, 2.75) is 25.5 Å². The predicted molar refractivity (Wildman–Crippen MR) is 112 cm³/mol. The summed E-state index contributed by atoms with van der Waals surface area (Å²) in [7, 11) is 0. The maximum absolute atomic E-state index is 12.8. The summed E-state index contributed by atoms with van der Waals surface area (Å²) in [5.41, 5.74) is 3.03. The van der Waals surface area contributed by atoms with E-state index in [1.165, 1.54) is 11.3 Å². The topological polar surface area (TPSA) is 122 Å². The van der Waals surface area contributed by atoms with Crippen molar-refractivity contribution in [3.05, 3.63) is 54.1 Å². The zero-order valence-corrected chi connectivity index (χ0v) is 16.7. The summed E-state index contributed by atoms with van der Waals surface area (Å²) < 4.78 is 1.81. The summed E-state index contributed by atoms with van der Waals surface area (Å²) in [6.45, 7) is 0.689. The standard InChI is InChI=1S/C20H19N7O2S/c28-14-5-12(6-14)9-27-10-16(18(26-27)15-3-1-2-4-21-15)24-19(29)17-11-30-20(25-17)13-7-22-23-8-13/h1-4,7-8,10-12,14,28H,5-6,9H2,(H,22,23)(H,24,29)/t12-,14-. The van der Waals surface area contributed by atoms with Gasteiger partial charge in [0, 0.05) is 36.1 Å². The zero-order chi connectivity index (χ0) is 20.5. The van der Waals surface area contributed by atoms with Gasteiger partial charge in [0.15, 0.2) is 0 Å². The third kappa shape index (κ3) is 3.74. The van der Waals surface area contributed by atoms with Crippen LogP contribution in [0.25, 0.3) is 22.0 Å². The van der Waals surface area contributed by atoms with Crippen molar-refractivity contribution in [3.8, 4) is 22.0 Å². The number of aromatic nitrogens is 6. The molecule has 5 rings (SSSR count). The van der Waals surface area contributed by atoms with Crippen LogP contribution in [0, 0.1) is 5.92 Å². The molecule has 0 unspecified atom stereocenters. The van der Waals surface area contributed by atoms with E-state index in [0.717, 1.165) is 23.4 Å². The summed E-state index contributed by atoms with van der Waals surface area (Å²) in [5, 5.41) is 26.2. The summed E-state index contributed by atoms with van der Waals surface area (Å²) >= 11 is 1.38. The smallest absolute Gasteiger partial charge is 0.275 e. The third-order valence-corrected chi connectivity index (χ3v) is 5.95. The first-order valence-electron chi connectivity index (χ1n) is 9.58. The fourth-order valence-electron chi connectivity index (χ4n) is 3.48. The molecule has 1 aliphatic carbocycles. The lowest BCUT2D eigenvalue weighted by molar-refractivity contribution is 0.0337. The monoisotopic (exact) mass is 421 g/mol. The maximum atomic E-state index is 12.8. The molecule has 1 saturated carbocycles. The van der Waals surface area contributed by atoms with Crippen molar-refractivity contribution in [1.29, 1.82) is 0 Å². The van der Waals surface area contributed by atoms with E-state index in [0.29, 0.717) is 35.2 Å². The van der Waals surface area contributed by atoms with Gasteiger partial charge in [-0.3, -0.25) is 19.6 Å². The van der Waals surface area contributed by atoms with Crippen LogP contribution in [0.15, 0.2) is 48.4 Å². The van der Waals surface area contributed by atoms with Gasteiger partial charge in [-0.15, -0.1) is 11.3 Å². The van der Waals surface area contributed by atoms with Gasteiger partial charge in [0.05, 0.1) is 23.7 Å². The van der Waals surface area contributed by atoms with Gasteiger partial charge in [-0.05, 0) is 30.9 Å². The molecule has 0 atom stereocenters. The lowest BCUT2D eigenvalue weighted by Gasteiger charge is -2.31. The van der Waals surface area contributed by atoms with Gasteiger partial charge in [-0.1, -0.05) is 6.07 Å². The van der Waals surface area contributed by atoms with Gasteiger partial charge in [-0.2, -0.15) is 10.2 Å². The quantitative estimate of drug-likeness (QED) is 0.440. The molecule has 1 aliphatic rings. The molecule has 1 amide bonds. The van der Waals surface area contributed by atoms with E-state index >= 15 is 0 Å². The molecule has 4 heterocycles. The summed E-state index contributed by atoms with van der Waals surface area (Å²) in [5.74, 6) is 0.0767. The number of nitrogens with one attached hydrogen (secondary N) is 2. The van der Waals surface area contributed by atoms with Gasteiger partial charge < -0.3 is 10.4 Å². The van der Waals surface area contributed by atoms with Gasteiger partial charge in [0.25, 0.3) is 5.91 Å². The fourth-order valence-corrected chi connectivity index (χ4v) is 4.26. The van der Waals surface area contributed by atoms with Crippen LogP contribution in [-0.2, 0) is 6.54 Å². The highest BCUT2D eigenvalue weighted by Crippen LogP contribution is 2.31. The molecular formula is C20H19N7O2S. The number of hydrogen-bond acceptors (Lipinski definition) is 7. The van der Waals surface area contributed by atoms with E-state index in [-0.39, 0.29) is 12.0 Å². The highest BCUT2D eigenvalue weighted by atomic mass is 32.1. The number of aliphatic hydroxyl groups is 1. The number of carbonyl (C=O) groups is 1. The number of thiazole rings is 1. The Morgan fingerprint density at radius 3 is 3.00 bits per heavy atom. The van der Waals surface area contributed by atoms with E-state index in [1.807, 2.05) is 29.1 Å². The maximum Gasteiger partial charge on any atom is 0.275 e. The second-order valence-electron chi connectivity index (χ2n) is 7.30. The lowest BCUT2D eigenvalue weighted by Crippen LogP contribution is -2.31. The number of anilines is 1. The number of carbonyl (C=O) groups excluding carboxylic acids is 1. The van der Waals surface area contributed by atoms with Gasteiger partial charge in [0.1, 0.15) is 16.4 Å². The molecule has 4 aromatic rings. The Hall–Kier alpha value is -3.37. The molecule has 152 valence electrons. The number of pyridine rings is 1. The second kappa shape index (κ2) is 7.81. The summed E-state index contributed by atoms with van der Waals surface area (Å²) in [6.07, 6.45) is 8.25. The molecule has 4 aromatic heterocycles. The van der Waals surface area contributed by atoms with Crippen LogP contribution in [0.1, 0.15) is 23.3 Å². The molecule has 10 heteroatoms. The van der Waals surface area contributed by atoms with Crippen LogP contribution in [0.3, 0.4) is 0 Å². The van der Waals surface area contributed by atoms with E-state index < -0.39 is 0 Å². The van der Waals surface area contributed by atoms with Crippen molar-refractivity contribution in [3.63, 3.8) is 0 Å². The molecule has 30 heavy (non-hydrogen) atoms. The minimum absolute atomic E-state index is 0.214. The average molecular weight is 421 g/mol. The van der Waals surface area contributed by atoms with E-state index in [1.54, 1.807) is 24.0 Å². The molecule has 0 saturated heterocycles. The number of H-pyrrole nitrogens is 1. The predicted octanol–water partition coefficient (Wildman–Crippen LogP) is 2.81. The van der Waals surface area contributed by atoms with E-state index in [9.17, 15) is 9.90 Å². The largest absolute Gasteiger partial charge is 0.393 e. The molecule has 0 spiro atoms. The van der Waals surface area contributed by atoms with Gasteiger partial charge in [-0.25, -0.2) is 4.98 Å². The van der Waals surface area contributed by atoms with Crippen LogP contribution in [-0.4, -0.2) is 47.1 Å². The summed E-state index contributed by atoms with van der Waals surface area (Å²) in [6, 6.07) is 5.57. The second-order valence-corrected chi connectivity index (χ2v) is 8.16. The van der Waals surface area contributed by atoms with Gasteiger partial charge in [0.2, 0.25) is 0 Å². The van der Waals surface area contributed by atoms with Crippen molar-refractivity contribution >= 4 is 22.9 Å². The van der Waals surface area contributed by atoms with Crippen molar-refractivity contribution in [1.82, 2.24) is 29.9 Å². The number of amides is 1. The Bertz CT molecular complexity index is 1150. The van der Waals surface area contributed by atoms with Crippen molar-refractivity contribution < 1.29 is 9.90 Å². The highest BCUT2D eigenvalue weighted by molar-refractivity contribution is 7.13. The van der Waals surface area contributed by atoms with Crippen LogP contribution in [0.2, 0.25) is 0 Å². The molecule has 0 aliphatic heterocycles. The Morgan fingerprint density at radius 1 is 1.37 bits per heavy atom. The molecule has 1 fully saturated rings. The Labute approximate surface area is 175 Å². The Balaban J connectivity index is 1.39. The lowest BCUT2D eigenvalue weighted by atomic mass is 9.82. The number of aromatic amines is 1. The number of aliphatic hydroxyl groups excluding tert-OH is 1. The number of rotatable bonds is 6. The minimum atomic E-state index is -0.309. The average Bonchev–Trinajstić information content (AvgIpc) is 3.48. The molecule has 3 N–H and O–H groups in total. The summed E-state index contributed by atoms with van der Waals surface area (Å²) in [4.78, 5) is 21.6. The van der Waals surface area contributed by atoms with Crippen LogP contribution >= 0.6 is 11.3 Å².